The average Bonchev–Trinajstić information content (AvgIpc) is 2.38. The molecule has 0 aromatic heterocycles. The zero-order valence-electron chi connectivity index (χ0n) is 11.5. The molecule has 3 heteroatoms. The van der Waals surface area contributed by atoms with Gasteiger partial charge in [0.05, 0.1) is 13.0 Å². The van der Waals surface area contributed by atoms with Crippen molar-refractivity contribution in [2.75, 3.05) is 12.0 Å². The molecule has 1 amide bonds. The second-order valence-electron chi connectivity index (χ2n) is 5.39. The maximum atomic E-state index is 12.0. The average molecular weight is 247 g/mol. The number of amides is 1. The Morgan fingerprint density at radius 2 is 1.89 bits per heavy atom. The summed E-state index contributed by atoms with van der Waals surface area (Å²) in [7, 11) is 1.65. The highest BCUT2D eigenvalue weighted by atomic mass is 16.5. The van der Waals surface area contributed by atoms with Gasteiger partial charge < -0.3 is 9.64 Å². The van der Waals surface area contributed by atoms with E-state index in [0.717, 1.165) is 17.9 Å². The highest BCUT2D eigenvalue weighted by Crippen LogP contribution is 2.36. The molecule has 1 fully saturated rings. The van der Waals surface area contributed by atoms with E-state index in [2.05, 4.69) is 13.8 Å². The number of hydrogen-bond acceptors (Lipinski definition) is 2. The Hall–Kier alpha value is -1.51. The van der Waals surface area contributed by atoms with E-state index in [1.54, 1.807) is 7.11 Å². The van der Waals surface area contributed by atoms with Crippen LogP contribution in [0.5, 0.6) is 5.75 Å². The molecule has 3 nitrogen and oxygen atoms in total. The first-order valence-corrected chi connectivity index (χ1v) is 6.51. The highest BCUT2D eigenvalue weighted by molar-refractivity contribution is 6.02. The van der Waals surface area contributed by atoms with E-state index < -0.39 is 0 Å². The minimum Gasteiger partial charge on any atom is -0.497 e. The van der Waals surface area contributed by atoms with E-state index in [1.807, 2.05) is 36.1 Å². The number of carbonyl (C=O) groups excluding carboxylic acids is 1. The fourth-order valence-corrected chi connectivity index (χ4v) is 2.54. The number of ether oxygens (including phenoxy) is 1. The molecule has 1 heterocycles. The SMILES string of the molecule is COc1ccc(N2C(=O)[C@@H](C)[C@@H]2CC(C)C)cc1. The third kappa shape index (κ3) is 2.22. The summed E-state index contributed by atoms with van der Waals surface area (Å²) < 4.78 is 5.14. The van der Waals surface area contributed by atoms with Crippen LogP contribution in [0.25, 0.3) is 0 Å². The van der Waals surface area contributed by atoms with E-state index in [-0.39, 0.29) is 11.8 Å². The van der Waals surface area contributed by atoms with E-state index >= 15 is 0 Å². The Bertz CT molecular complexity index is 425. The molecule has 0 radical (unpaired) electrons. The van der Waals surface area contributed by atoms with Gasteiger partial charge in [0.2, 0.25) is 5.91 Å². The highest BCUT2D eigenvalue weighted by Gasteiger charge is 2.44. The molecule has 1 aliphatic rings. The molecule has 18 heavy (non-hydrogen) atoms. The van der Waals surface area contributed by atoms with Crippen molar-refractivity contribution < 1.29 is 9.53 Å². The summed E-state index contributed by atoms with van der Waals surface area (Å²) >= 11 is 0. The minimum atomic E-state index is 0.148. The zero-order valence-corrected chi connectivity index (χ0v) is 11.5. The van der Waals surface area contributed by atoms with Crippen molar-refractivity contribution >= 4 is 11.6 Å². The second-order valence-corrected chi connectivity index (χ2v) is 5.39. The van der Waals surface area contributed by atoms with Crippen LogP contribution in [0.2, 0.25) is 0 Å². The van der Waals surface area contributed by atoms with E-state index in [1.165, 1.54) is 0 Å². The molecule has 0 aliphatic carbocycles. The van der Waals surface area contributed by atoms with E-state index in [0.29, 0.717) is 12.0 Å². The Morgan fingerprint density at radius 3 is 2.39 bits per heavy atom. The van der Waals surface area contributed by atoms with Gasteiger partial charge in [-0.15, -0.1) is 0 Å². The summed E-state index contributed by atoms with van der Waals surface area (Å²) in [6.45, 7) is 6.42. The molecule has 0 unspecified atom stereocenters. The second kappa shape index (κ2) is 5.01. The third-order valence-electron chi connectivity index (χ3n) is 3.60. The van der Waals surface area contributed by atoms with Gasteiger partial charge in [-0.2, -0.15) is 0 Å². The predicted molar refractivity (Wildman–Crippen MR) is 72.9 cm³/mol. The smallest absolute Gasteiger partial charge is 0.232 e. The van der Waals surface area contributed by atoms with E-state index in [9.17, 15) is 4.79 Å². The predicted octanol–water partition coefficient (Wildman–Crippen LogP) is 3.09. The number of hydrogen-bond donors (Lipinski definition) is 0. The van der Waals surface area contributed by atoms with Crippen LogP contribution >= 0.6 is 0 Å². The van der Waals surface area contributed by atoms with Gasteiger partial charge in [-0.1, -0.05) is 20.8 Å². The Kier molecular flexibility index (Phi) is 3.60. The molecule has 98 valence electrons. The van der Waals surface area contributed by atoms with Crippen LogP contribution in [-0.2, 0) is 4.79 Å². The summed E-state index contributed by atoms with van der Waals surface area (Å²) in [5, 5.41) is 0. The van der Waals surface area contributed by atoms with Crippen molar-refractivity contribution in [2.45, 2.75) is 33.2 Å². The molecule has 1 saturated heterocycles. The summed E-state index contributed by atoms with van der Waals surface area (Å²) in [5.74, 6) is 1.80. The fraction of sp³-hybridized carbons (Fsp3) is 0.533. The zero-order chi connectivity index (χ0) is 13.3. The Balaban J connectivity index is 2.17. The van der Waals surface area contributed by atoms with Gasteiger partial charge in [0.25, 0.3) is 0 Å². The first-order chi connectivity index (χ1) is 8.54. The summed E-state index contributed by atoms with van der Waals surface area (Å²) in [4.78, 5) is 13.9. The number of rotatable bonds is 4. The number of benzene rings is 1. The molecule has 1 aliphatic heterocycles. The van der Waals surface area contributed by atoms with Crippen LogP contribution in [0, 0.1) is 11.8 Å². The van der Waals surface area contributed by atoms with Crippen molar-refractivity contribution in [3.05, 3.63) is 24.3 Å². The van der Waals surface area contributed by atoms with E-state index in [4.69, 9.17) is 4.74 Å². The normalized spacial score (nSPS) is 23.2. The maximum absolute atomic E-state index is 12.0. The monoisotopic (exact) mass is 247 g/mol. The molecule has 2 atom stereocenters. The summed E-state index contributed by atoms with van der Waals surface area (Å²) in [5.41, 5.74) is 0.976. The molecule has 2 rings (SSSR count). The molecular formula is C15H21NO2. The molecule has 0 spiro atoms. The quantitative estimate of drug-likeness (QED) is 0.765. The van der Waals surface area contributed by atoms with Crippen molar-refractivity contribution in [1.82, 2.24) is 0 Å². The largest absolute Gasteiger partial charge is 0.497 e. The van der Waals surface area contributed by atoms with Gasteiger partial charge in [-0.25, -0.2) is 0 Å². The van der Waals surface area contributed by atoms with Crippen molar-refractivity contribution in [3.8, 4) is 5.75 Å². The number of β-lactam (4-membered cyclic amide) rings is 1. The van der Waals surface area contributed by atoms with Crippen molar-refractivity contribution in [2.24, 2.45) is 11.8 Å². The van der Waals surface area contributed by atoms with Crippen LogP contribution < -0.4 is 9.64 Å². The number of anilines is 1. The van der Waals surface area contributed by atoms with Gasteiger partial charge in [-0.3, -0.25) is 4.79 Å². The van der Waals surface area contributed by atoms with Gasteiger partial charge in [-0.05, 0) is 36.6 Å². The van der Waals surface area contributed by atoms with Crippen molar-refractivity contribution in [1.29, 1.82) is 0 Å². The lowest BCUT2D eigenvalue weighted by Gasteiger charge is -2.46. The Labute approximate surface area is 109 Å². The lowest BCUT2D eigenvalue weighted by molar-refractivity contribution is -0.129. The maximum Gasteiger partial charge on any atom is 0.232 e. The van der Waals surface area contributed by atoms with Gasteiger partial charge in [0.1, 0.15) is 5.75 Å². The van der Waals surface area contributed by atoms with Crippen LogP contribution in [-0.4, -0.2) is 19.1 Å². The van der Waals surface area contributed by atoms with Crippen LogP contribution in [0.4, 0.5) is 5.69 Å². The lowest BCUT2D eigenvalue weighted by Crippen LogP contribution is -2.60. The Morgan fingerprint density at radius 1 is 1.28 bits per heavy atom. The molecule has 0 saturated carbocycles. The summed E-state index contributed by atoms with van der Waals surface area (Å²) in [6.07, 6.45) is 1.05. The van der Waals surface area contributed by atoms with Gasteiger partial charge in [0.15, 0.2) is 0 Å². The number of nitrogens with zero attached hydrogens (tertiary/aromatic N) is 1. The molecule has 1 aromatic rings. The molecule has 0 N–H and O–H groups in total. The molecular weight excluding hydrogens is 226 g/mol. The first kappa shape index (κ1) is 12.9. The van der Waals surface area contributed by atoms with Crippen LogP contribution in [0.15, 0.2) is 24.3 Å². The standard InChI is InChI=1S/C15H21NO2/c1-10(2)9-14-11(3)15(17)16(14)12-5-7-13(18-4)8-6-12/h5-8,10-11,14H,9H2,1-4H3/t11-,14-/m0/s1. The lowest BCUT2D eigenvalue weighted by atomic mass is 9.83. The van der Waals surface area contributed by atoms with Crippen LogP contribution in [0.1, 0.15) is 27.2 Å². The topological polar surface area (TPSA) is 29.5 Å². The van der Waals surface area contributed by atoms with Gasteiger partial charge in [0, 0.05) is 11.7 Å². The fourth-order valence-electron chi connectivity index (χ4n) is 2.54. The first-order valence-electron chi connectivity index (χ1n) is 6.51. The number of methoxy groups -OCH3 is 1. The third-order valence-corrected chi connectivity index (χ3v) is 3.60. The van der Waals surface area contributed by atoms with Gasteiger partial charge >= 0.3 is 0 Å². The minimum absolute atomic E-state index is 0.148. The molecule has 0 bridgehead atoms. The van der Waals surface area contributed by atoms with Crippen molar-refractivity contribution in [3.63, 3.8) is 0 Å². The number of carbonyl (C=O) groups is 1. The summed E-state index contributed by atoms with van der Waals surface area (Å²) in [6, 6.07) is 8.05. The molecule has 1 aromatic carbocycles. The van der Waals surface area contributed by atoms with Crippen LogP contribution in [0.3, 0.4) is 0 Å².